The molecule has 0 aliphatic carbocycles. The molecule has 53 heavy (non-hydrogen) atoms. The second-order valence-electron chi connectivity index (χ2n) is 10.3. The van der Waals surface area contributed by atoms with Gasteiger partial charge in [-0.15, -0.1) is 0 Å². The van der Waals surface area contributed by atoms with Gasteiger partial charge in [0.05, 0.1) is 47.8 Å². The van der Waals surface area contributed by atoms with Crippen LogP contribution < -0.4 is 10.4 Å². The maximum absolute atomic E-state index is 10.9. The van der Waals surface area contributed by atoms with Gasteiger partial charge in [-0.1, -0.05) is 86.0 Å². The fraction of sp³-hybridized carbons (Fsp3) is 0.238. The Kier molecular flexibility index (Phi) is 26.3. The van der Waals surface area contributed by atoms with Crippen LogP contribution in [0.1, 0.15) is 25.0 Å². The van der Waals surface area contributed by atoms with Gasteiger partial charge in [-0.05, 0) is 49.2 Å². The van der Waals surface area contributed by atoms with E-state index in [1.165, 1.54) is 39.0 Å². The molecule has 11 heteroatoms. The quantitative estimate of drug-likeness (QED) is 0.0585. The van der Waals surface area contributed by atoms with Gasteiger partial charge in [0.2, 0.25) is 0 Å². The molecule has 0 N–H and O–H groups in total. The Labute approximate surface area is 311 Å². The van der Waals surface area contributed by atoms with E-state index in [0.29, 0.717) is 29.6 Å². The summed E-state index contributed by atoms with van der Waals surface area (Å²) in [6.45, 7) is 11.8. The third kappa shape index (κ3) is 25.5. The molecular formula is C42H50O11. The fourth-order valence-corrected chi connectivity index (χ4v) is 3.16. The van der Waals surface area contributed by atoms with Gasteiger partial charge >= 0.3 is 23.5 Å². The van der Waals surface area contributed by atoms with Crippen LogP contribution in [0.3, 0.4) is 0 Å². The second kappa shape index (κ2) is 29.7. The summed E-state index contributed by atoms with van der Waals surface area (Å²) < 4.78 is 32.4. The van der Waals surface area contributed by atoms with Gasteiger partial charge in [0.15, 0.2) is 0 Å². The number of epoxide rings is 1. The van der Waals surface area contributed by atoms with Crippen LogP contribution in [0.4, 0.5) is 0 Å². The lowest BCUT2D eigenvalue weighted by Gasteiger charge is -1.99. The molecule has 1 atom stereocenters. The van der Waals surface area contributed by atoms with E-state index in [9.17, 15) is 19.2 Å². The maximum Gasteiger partial charge on any atom is 0.336 e. The van der Waals surface area contributed by atoms with Crippen LogP contribution in [0.2, 0.25) is 0 Å². The zero-order valence-electron chi connectivity index (χ0n) is 31.4. The number of benzene rings is 3. The standard InChI is InChI=1S/C10H8O3.C10H10O2.C10H12O.C5H8O2.C4H6O2.C3H6O/c1-12-8-4-2-7-3-5-10(11)13-9(7)6-8;1-12-10(11)8-7-9-5-3-2-4-6-9;1-11-9-5-8-10-6-3-2-4-7-10;1-4(2)5(6)7-3;1-3-4(5)6-2;1-3-2-4-3/h2-6H,1H3;2-8H,1H3;2-8H,9H2,1H3;1H2,2-3H3;3H,1H2,2H3;3H,2H2,1H3/b;8-7+;8-5+;;;. The van der Waals surface area contributed by atoms with Gasteiger partial charge in [0.1, 0.15) is 11.3 Å². The molecule has 5 rings (SSSR count). The number of hydrogen-bond acceptors (Lipinski definition) is 11. The Morgan fingerprint density at radius 1 is 0.792 bits per heavy atom. The normalized spacial score (nSPS) is 11.8. The minimum Gasteiger partial charge on any atom is -0.497 e. The van der Waals surface area contributed by atoms with Crippen LogP contribution in [0.5, 0.6) is 5.75 Å². The van der Waals surface area contributed by atoms with Crippen molar-refractivity contribution in [3.8, 4) is 5.75 Å². The van der Waals surface area contributed by atoms with Gasteiger partial charge < -0.3 is 32.8 Å². The van der Waals surface area contributed by atoms with E-state index in [1.54, 1.807) is 39.4 Å². The van der Waals surface area contributed by atoms with Crippen molar-refractivity contribution in [2.75, 3.05) is 48.8 Å². The molecule has 0 radical (unpaired) electrons. The van der Waals surface area contributed by atoms with Crippen LogP contribution in [0.25, 0.3) is 23.1 Å². The maximum atomic E-state index is 10.9. The summed E-state index contributed by atoms with van der Waals surface area (Å²) in [5.41, 5.74) is 2.84. The highest BCUT2D eigenvalue weighted by Crippen LogP contribution is 2.18. The van der Waals surface area contributed by atoms with Gasteiger partial charge in [0, 0.05) is 42.4 Å². The third-order valence-electron chi connectivity index (χ3n) is 6.02. The van der Waals surface area contributed by atoms with Crippen LogP contribution in [-0.2, 0) is 38.1 Å². The highest BCUT2D eigenvalue weighted by Gasteiger charge is 2.13. The Hall–Kier alpha value is -6.04. The number of carbonyl (C=O) groups is 3. The third-order valence-corrected chi connectivity index (χ3v) is 6.02. The fourth-order valence-electron chi connectivity index (χ4n) is 3.16. The largest absolute Gasteiger partial charge is 0.497 e. The molecule has 4 aromatic rings. The first-order chi connectivity index (χ1) is 25.4. The van der Waals surface area contributed by atoms with Crippen molar-refractivity contribution in [2.45, 2.75) is 20.0 Å². The monoisotopic (exact) mass is 730 g/mol. The number of rotatable bonds is 8. The highest BCUT2D eigenvalue weighted by molar-refractivity contribution is 5.87. The summed E-state index contributed by atoms with van der Waals surface area (Å²) in [5.74, 6) is -0.393. The van der Waals surface area contributed by atoms with Gasteiger partial charge in [-0.3, -0.25) is 0 Å². The van der Waals surface area contributed by atoms with Gasteiger partial charge in [0.25, 0.3) is 0 Å². The molecule has 11 nitrogen and oxygen atoms in total. The van der Waals surface area contributed by atoms with Crippen molar-refractivity contribution in [1.29, 1.82) is 0 Å². The van der Waals surface area contributed by atoms with Crippen LogP contribution in [0.15, 0.2) is 137 Å². The Morgan fingerprint density at radius 3 is 1.72 bits per heavy atom. The zero-order chi connectivity index (χ0) is 39.9. The van der Waals surface area contributed by atoms with E-state index in [0.717, 1.165) is 23.6 Å². The molecule has 1 aliphatic rings. The zero-order valence-corrected chi connectivity index (χ0v) is 31.4. The summed E-state index contributed by atoms with van der Waals surface area (Å²) >= 11 is 0. The van der Waals surface area contributed by atoms with Crippen LogP contribution in [-0.4, -0.2) is 72.8 Å². The molecule has 1 unspecified atom stereocenters. The van der Waals surface area contributed by atoms with Crippen molar-refractivity contribution >= 4 is 41.0 Å². The molecule has 1 fully saturated rings. The van der Waals surface area contributed by atoms with Crippen LogP contribution in [0, 0.1) is 0 Å². The summed E-state index contributed by atoms with van der Waals surface area (Å²) in [5, 5.41) is 0.889. The van der Waals surface area contributed by atoms with Crippen LogP contribution >= 0.6 is 0 Å². The molecule has 2 heterocycles. The predicted molar refractivity (Wildman–Crippen MR) is 208 cm³/mol. The van der Waals surface area contributed by atoms with Crippen molar-refractivity contribution in [2.24, 2.45) is 0 Å². The highest BCUT2D eigenvalue weighted by atomic mass is 16.6. The molecule has 0 saturated carbocycles. The van der Waals surface area contributed by atoms with E-state index in [2.05, 4.69) is 46.4 Å². The molecule has 3 aromatic carbocycles. The van der Waals surface area contributed by atoms with E-state index in [4.69, 9.17) is 18.6 Å². The number of esters is 3. The second-order valence-corrected chi connectivity index (χ2v) is 10.3. The molecule has 1 aromatic heterocycles. The first kappa shape index (κ1) is 47.0. The summed E-state index contributed by atoms with van der Waals surface area (Å²) in [6, 6.07) is 28.2. The van der Waals surface area contributed by atoms with E-state index in [1.807, 2.05) is 72.8 Å². The molecular weight excluding hydrogens is 680 g/mol. The van der Waals surface area contributed by atoms with Gasteiger partial charge in [-0.25, -0.2) is 19.2 Å². The first-order valence-electron chi connectivity index (χ1n) is 16.1. The van der Waals surface area contributed by atoms with E-state index in [-0.39, 0.29) is 17.6 Å². The molecule has 0 bridgehead atoms. The number of ether oxygens (including phenoxy) is 6. The van der Waals surface area contributed by atoms with Crippen molar-refractivity contribution in [1.82, 2.24) is 0 Å². The number of carbonyl (C=O) groups excluding carboxylic acids is 3. The predicted octanol–water partition coefficient (Wildman–Crippen LogP) is 7.51. The van der Waals surface area contributed by atoms with E-state index < -0.39 is 5.97 Å². The average Bonchev–Trinajstić information content (AvgIpc) is 3.99. The van der Waals surface area contributed by atoms with Crippen molar-refractivity contribution in [3.05, 3.63) is 150 Å². The molecule has 1 saturated heterocycles. The SMILES string of the molecule is C=C(C)C(=O)OC.C=CC(=O)OC.CC1CO1.COC(=O)/C=C/c1ccccc1.COC/C=C/c1ccccc1.COc1ccc2ccc(=O)oc2c1. The lowest BCUT2D eigenvalue weighted by atomic mass is 10.2. The minimum atomic E-state index is -0.394. The Morgan fingerprint density at radius 2 is 1.32 bits per heavy atom. The summed E-state index contributed by atoms with van der Waals surface area (Å²) in [6.07, 6.45) is 8.85. The number of fused-ring (bicyclic) bond motifs is 1. The minimum absolute atomic E-state index is 0.334. The van der Waals surface area contributed by atoms with Crippen molar-refractivity contribution in [3.63, 3.8) is 0 Å². The summed E-state index contributed by atoms with van der Waals surface area (Å²) in [4.78, 5) is 41.6. The Bertz CT molecular complexity index is 1750. The molecule has 1 aliphatic heterocycles. The molecule has 284 valence electrons. The first-order valence-corrected chi connectivity index (χ1v) is 16.1. The average molecular weight is 731 g/mol. The molecule has 0 amide bonds. The number of hydrogen-bond donors (Lipinski definition) is 0. The van der Waals surface area contributed by atoms with Gasteiger partial charge in [-0.2, -0.15) is 0 Å². The van der Waals surface area contributed by atoms with E-state index >= 15 is 0 Å². The number of methoxy groups -OCH3 is 5. The summed E-state index contributed by atoms with van der Waals surface area (Å²) in [7, 11) is 7.26. The lowest BCUT2D eigenvalue weighted by molar-refractivity contribution is -0.136. The topological polar surface area (TPSA) is 140 Å². The lowest BCUT2D eigenvalue weighted by Crippen LogP contribution is -1.98. The smallest absolute Gasteiger partial charge is 0.336 e. The Balaban J connectivity index is 0.000000636. The van der Waals surface area contributed by atoms with Crippen molar-refractivity contribution < 1.29 is 47.2 Å². The molecule has 0 spiro atoms.